The van der Waals surface area contributed by atoms with Crippen LogP contribution in [0.5, 0.6) is 0 Å². The average molecular weight is 332 g/mol. The molecule has 8 nitrogen and oxygen atoms in total. The van der Waals surface area contributed by atoms with E-state index in [0.717, 1.165) is 25.7 Å². The van der Waals surface area contributed by atoms with E-state index < -0.39 is 10.8 Å². The summed E-state index contributed by atoms with van der Waals surface area (Å²) in [5.74, 6) is -0.800. The van der Waals surface area contributed by atoms with Gasteiger partial charge in [0.2, 0.25) is 11.8 Å². The summed E-state index contributed by atoms with van der Waals surface area (Å²) in [5.41, 5.74) is 2.86. The number of rotatable bonds is 6. The van der Waals surface area contributed by atoms with Crippen molar-refractivity contribution >= 4 is 23.7 Å². The number of carbonyl (C=O) groups excluding carboxylic acids is 2. The first-order chi connectivity index (χ1) is 11.5. The molecule has 128 valence electrons. The van der Waals surface area contributed by atoms with Crippen molar-refractivity contribution in [3.8, 4) is 0 Å². The number of nitro benzene ring substituents is 1. The number of benzene rings is 1. The van der Waals surface area contributed by atoms with Crippen molar-refractivity contribution in [1.29, 1.82) is 0 Å². The largest absolute Gasteiger partial charge is 0.353 e. The molecular formula is C16H20N4O4. The van der Waals surface area contributed by atoms with E-state index in [1.165, 1.54) is 36.9 Å². The van der Waals surface area contributed by atoms with Crippen LogP contribution >= 0.6 is 0 Å². The number of hydrogen-bond donors (Lipinski definition) is 2. The van der Waals surface area contributed by atoms with Gasteiger partial charge in [0.15, 0.2) is 0 Å². The van der Waals surface area contributed by atoms with Gasteiger partial charge in [-0.15, -0.1) is 0 Å². The Morgan fingerprint density at radius 3 is 2.46 bits per heavy atom. The first-order valence-electron chi connectivity index (χ1n) is 7.90. The highest BCUT2D eigenvalue weighted by Gasteiger charge is 2.17. The Hall–Kier alpha value is -2.77. The van der Waals surface area contributed by atoms with Crippen molar-refractivity contribution < 1.29 is 14.5 Å². The number of nitro groups is 1. The maximum absolute atomic E-state index is 11.8. The Morgan fingerprint density at radius 1 is 1.17 bits per heavy atom. The van der Waals surface area contributed by atoms with Gasteiger partial charge in [0.05, 0.1) is 11.1 Å². The predicted molar refractivity (Wildman–Crippen MR) is 88.5 cm³/mol. The Labute approximate surface area is 139 Å². The van der Waals surface area contributed by atoms with Crippen LogP contribution in [0.25, 0.3) is 0 Å². The van der Waals surface area contributed by atoms with E-state index in [1.54, 1.807) is 0 Å². The van der Waals surface area contributed by atoms with Gasteiger partial charge in [-0.25, -0.2) is 5.43 Å². The molecule has 24 heavy (non-hydrogen) atoms. The van der Waals surface area contributed by atoms with E-state index in [0.29, 0.717) is 5.56 Å². The molecule has 0 aliphatic heterocycles. The van der Waals surface area contributed by atoms with E-state index in [2.05, 4.69) is 15.8 Å². The number of hydrazone groups is 1. The maximum Gasteiger partial charge on any atom is 0.269 e. The molecule has 0 bridgehead atoms. The van der Waals surface area contributed by atoms with E-state index in [9.17, 15) is 19.7 Å². The number of nitrogens with zero attached hydrogens (tertiary/aromatic N) is 2. The second-order valence-electron chi connectivity index (χ2n) is 5.72. The Balaban J connectivity index is 1.73. The molecule has 0 radical (unpaired) electrons. The van der Waals surface area contributed by atoms with Gasteiger partial charge < -0.3 is 5.32 Å². The molecule has 0 saturated heterocycles. The Bertz CT molecular complexity index is 621. The van der Waals surface area contributed by atoms with Gasteiger partial charge in [-0.2, -0.15) is 5.10 Å². The first kappa shape index (κ1) is 17.6. The van der Waals surface area contributed by atoms with Gasteiger partial charge in [0.25, 0.3) is 5.69 Å². The highest BCUT2D eigenvalue weighted by molar-refractivity contribution is 5.97. The third-order valence-corrected chi connectivity index (χ3v) is 3.80. The first-order valence-corrected chi connectivity index (χ1v) is 7.90. The number of hydrogen-bond acceptors (Lipinski definition) is 5. The molecule has 1 aromatic carbocycles. The summed E-state index contributed by atoms with van der Waals surface area (Å²) in [5, 5.41) is 17.1. The second-order valence-corrected chi connectivity index (χ2v) is 5.72. The Morgan fingerprint density at radius 2 is 1.83 bits per heavy atom. The summed E-state index contributed by atoms with van der Waals surface area (Å²) in [4.78, 5) is 33.5. The molecular weight excluding hydrogens is 312 g/mol. The molecule has 1 aliphatic carbocycles. The highest BCUT2D eigenvalue weighted by atomic mass is 16.6. The predicted octanol–water partition coefficient (Wildman–Crippen LogP) is 1.88. The van der Waals surface area contributed by atoms with Gasteiger partial charge >= 0.3 is 0 Å². The molecule has 0 unspecified atom stereocenters. The van der Waals surface area contributed by atoms with Crippen molar-refractivity contribution in [2.24, 2.45) is 5.10 Å². The van der Waals surface area contributed by atoms with Crippen LogP contribution < -0.4 is 10.7 Å². The molecule has 1 aromatic rings. The van der Waals surface area contributed by atoms with Crippen molar-refractivity contribution in [3.05, 3.63) is 39.9 Å². The van der Waals surface area contributed by atoms with Crippen LogP contribution in [0, 0.1) is 10.1 Å². The standard InChI is InChI=1S/C16H20N4O4/c21-15(18-13-4-2-1-3-5-13)10-16(22)19-17-11-12-6-8-14(9-7-12)20(23)24/h6-9,11,13H,1-5,10H2,(H,18,21)(H,19,22)/b17-11-. The van der Waals surface area contributed by atoms with Gasteiger partial charge in [-0.3, -0.25) is 19.7 Å². The topological polar surface area (TPSA) is 114 Å². The van der Waals surface area contributed by atoms with Gasteiger partial charge in [-0.05, 0) is 30.5 Å². The van der Waals surface area contributed by atoms with E-state index in [4.69, 9.17) is 0 Å². The van der Waals surface area contributed by atoms with E-state index >= 15 is 0 Å². The van der Waals surface area contributed by atoms with Crippen LogP contribution in [0.1, 0.15) is 44.1 Å². The fraction of sp³-hybridized carbons (Fsp3) is 0.438. The summed E-state index contributed by atoms with van der Waals surface area (Å²) < 4.78 is 0. The van der Waals surface area contributed by atoms with Crippen LogP contribution in [0.4, 0.5) is 5.69 Å². The molecule has 0 heterocycles. The minimum Gasteiger partial charge on any atom is -0.353 e. The third kappa shape index (κ3) is 5.79. The highest BCUT2D eigenvalue weighted by Crippen LogP contribution is 2.17. The van der Waals surface area contributed by atoms with E-state index in [-0.39, 0.29) is 24.1 Å². The third-order valence-electron chi connectivity index (χ3n) is 3.80. The smallest absolute Gasteiger partial charge is 0.269 e. The molecule has 0 atom stereocenters. The number of carbonyl (C=O) groups is 2. The Kier molecular flexibility index (Phi) is 6.41. The summed E-state index contributed by atoms with van der Waals surface area (Å²) in [6, 6.07) is 5.90. The van der Waals surface area contributed by atoms with E-state index in [1.807, 2.05) is 0 Å². The summed E-state index contributed by atoms with van der Waals surface area (Å²) >= 11 is 0. The minimum atomic E-state index is -0.499. The lowest BCUT2D eigenvalue weighted by Gasteiger charge is -2.22. The molecule has 0 spiro atoms. The fourth-order valence-corrected chi connectivity index (χ4v) is 2.57. The zero-order valence-electron chi connectivity index (χ0n) is 13.2. The van der Waals surface area contributed by atoms with Crippen LogP contribution in [-0.2, 0) is 9.59 Å². The zero-order chi connectivity index (χ0) is 17.4. The molecule has 1 saturated carbocycles. The van der Waals surface area contributed by atoms with Crippen LogP contribution in [0.3, 0.4) is 0 Å². The van der Waals surface area contributed by atoms with Crippen molar-refractivity contribution in [1.82, 2.24) is 10.7 Å². The second kappa shape index (κ2) is 8.76. The zero-order valence-corrected chi connectivity index (χ0v) is 13.2. The molecule has 0 aromatic heterocycles. The molecule has 8 heteroatoms. The molecule has 2 rings (SSSR count). The minimum absolute atomic E-state index is 0.0180. The van der Waals surface area contributed by atoms with Crippen molar-refractivity contribution in [3.63, 3.8) is 0 Å². The van der Waals surface area contributed by atoms with Crippen molar-refractivity contribution in [2.45, 2.75) is 44.6 Å². The quantitative estimate of drug-likeness (QED) is 0.358. The van der Waals surface area contributed by atoms with Crippen LogP contribution in [0.2, 0.25) is 0 Å². The number of nitrogens with one attached hydrogen (secondary N) is 2. The SMILES string of the molecule is O=C(CC(=O)NC1CCCCC1)N/N=C\c1ccc([N+](=O)[O-])cc1. The lowest BCUT2D eigenvalue weighted by Crippen LogP contribution is -2.38. The lowest BCUT2D eigenvalue weighted by molar-refractivity contribution is -0.384. The average Bonchev–Trinajstić information content (AvgIpc) is 2.56. The number of non-ortho nitro benzene ring substituents is 1. The summed E-state index contributed by atoms with van der Waals surface area (Å²) in [6.45, 7) is 0. The maximum atomic E-state index is 11.8. The van der Waals surface area contributed by atoms with Crippen LogP contribution in [0.15, 0.2) is 29.4 Å². The summed E-state index contributed by atoms with van der Waals surface area (Å²) in [7, 11) is 0. The fourth-order valence-electron chi connectivity index (χ4n) is 2.57. The monoisotopic (exact) mass is 332 g/mol. The van der Waals surface area contributed by atoms with Crippen molar-refractivity contribution in [2.75, 3.05) is 0 Å². The lowest BCUT2D eigenvalue weighted by atomic mass is 9.95. The molecule has 2 N–H and O–H groups in total. The molecule has 2 amide bonds. The normalized spacial score (nSPS) is 15.2. The van der Waals surface area contributed by atoms with Gasteiger partial charge in [0, 0.05) is 18.2 Å². The molecule has 1 fully saturated rings. The van der Waals surface area contributed by atoms with Crippen LogP contribution in [-0.4, -0.2) is 29.0 Å². The van der Waals surface area contributed by atoms with Gasteiger partial charge in [-0.1, -0.05) is 19.3 Å². The summed E-state index contributed by atoms with van der Waals surface area (Å²) in [6.07, 6.45) is 6.43. The number of amides is 2. The molecule has 1 aliphatic rings. The van der Waals surface area contributed by atoms with Gasteiger partial charge in [0.1, 0.15) is 6.42 Å².